The molecule has 0 aliphatic heterocycles. The number of carbonyl (C=O) groups is 2. The number of nitrogens with one attached hydrogen (secondary N) is 1. The number of aryl methyl sites for hydroxylation is 2. The van der Waals surface area contributed by atoms with Crippen molar-refractivity contribution in [3.05, 3.63) is 83.7 Å². The number of rotatable bonds is 9. The monoisotopic (exact) mass is 538 g/mol. The molecule has 11 heteroatoms. The van der Waals surface area contributed by atoms with Crippen LogP contribution < -0.4 is 5.32 Å². The van der Waals surface area contributed by atoms with Gasteiger partial charge < -0.3 is 14.5 Å². The van der Waals surface area contributed by atoms with E-state index >= 15 is 0 Å². The molecule has 0 bridgehead atoms. The third kappa shape index (κ3) is 5.93. The van der Waals surface area contributed by atoms with Gasteiger partial charge in [0.05, 0.1) is 18.2 Å². The number of esters is 2. The molecule has 8 nitrogen and oxygen atoms in total. The molecule has 39 heavy (non-hydrogen) atoms. The van der Waals surface area contributed by atoms with Gasteiger partial charge in [0.25, 0.3) is 0 Å². The van der Waals surface area contributed by atoms with Gasteiger partial charge in [-0.3, -0.25) is 9.67 Å². The Morgan fingerprint density at radius 1 is 1.05 bits per heavy atom. The van der Waals surface area contributed by atoms with Crippen LogP contribution in [0.3, 0.4) is 0 Å². The molecule has 4 aromatic rings. The van der Waals surface area contributed by atoms with Crippen LogP contribution in [0.1, 0.15) is 33.6 Å². The molecule has 0 spiro atoms. The Morgan fingerprint density at radius 3 is 2.62 bits per heavy atom. The van der Waals surface area contributed by atoms with Gasteiger partial charge in [-0.1, -0.05) is 24.3 Å². The van der Waals surface area contributed by atoms with Crippen LogP contribution in [0, 0.1) is 0 Å². The Bertz CT molecular complexity index is 1460. The van der Waals surface area contributed by atoms with Crippen LogP contribution in [0.5, 0.6) is 0 Å². The summed E-state index contributed by atoms with van der Waals surface area (Å²) in [6.45, 7) is 1.56. The fourth-order valence-corrected chi connectivity index (χ4v) is 4.65. The number of halogens is 3. The second-order valence-electron chi connectivity index (χ2n) is 9.17. The normalized spacial score (nSPS) is 12.6. The van der Waals surface area contributed by atoms with E-state index in [0.29, 0.717) is 37.1 Å². The van der Waals surface area contributed by atoms with Crippen molar-refractivity contribution in [2.24, 2.45) is 0 Å². The third-order valence-corrected chi connectivity index (χ3v) is 6.59. The second-order valence-corrected chi connectivity index (χ2v) is 9.17. The third-order valence-electron chi connectivity index (χ3n) is 6.59. The zero-order valence-corrected chi connectivity index (χ0v) is 20.8. The highest BCUT2D eigenvalue weighted by Crippen LogP contribution is 2.34. The predicted molar refractivity (Wildman–Crippen MR) is 135 cm³/mol. The number of benzene rings is 1. The molecule has 3 aromatic heterocycles. The van der Waals surface area contributed by atoms with E-state index in [0.717, 1.165) is 35.2 Å². The van der Waals surface area contributed by atoms with E-state index in [2.05, 4.69) is 32.3 Å². The van der Waals surface area contributed by atoms with Gasteiger partial charge in [-0.15, -0.1) is 0 Å². The van der Waals surface area contributed by atoms with E-state index in [9.17, 15) is 22.8 Å². The molecule has 0 amide bonds. The summed E-state index contributed by atoms with van der Waals surface area (Å²) in [5.41, 5.74) is 5.80. The highest BCUT2D eigenvalue weighted by Gasteiger charge is 2.43. The van der Waals surface area contributed by atoms with Crippen LogP contribution in [0.25, 0.3) is 22.4 Å². The van der Waals surface area contributed by atoms with Crippen molar-refractivity contribution in [1.29, 1.82) is 0 Å². The quantitative estimate of drug-likeness (QED) is 0.186. The number of nitrogens with zero attached hydrogens (tertiary/aromatic N) is 3. The van der Waals surface area contributed by atoms with Crippen LogP contribution in [0.15, 0.2) is 65.7 Å². The minimum Gasteiger partial charge on any atom is -0.472 e. The van der Waals surface area contributed by atoms with Gasteiger partial charge in [-0.2, -0.15) is 18.3 Å². The highest BCUT2D eigenvalue weighted by atomic mass is 19.4. The molecule has 3 heterocycles. The molecule has 1 aliphatic carbocycles. The van der Waals surface area contributed by atoms with Crippen LogP contribution in [-0.2, 0) is 35.3 Å². The molecule has 1 aliphatic rings. The minimum absolute atomic E-state index is 0.122. The van der Waals surface area contributed by atoms with Crippen LogP contribution in [-0.4, -0.2) is 46.0 Å². The van der Waals surface area contributed by atoms with Crippen LogP contribution in [0.4, 0.5) is 13.2 Å². The van der Waals surface area contributed by atoms with Crippen molar-refractivity contribution < 1.29 is 31.9 Å². The van der Waals surface area contributed by atoms with Crippen molar-refractivity contribution >= 4 is 11.9 Å². The summed E-state index contributed by atoms with van der Waals surface area (Å²) in [6, 6.07) is 11.9. The number of hydrogen-bond acceptors (Lipinski definition) is 7. The maximum atomic E-state index is 12.7. The number of hydrogen-bond donors (Lipinski definition) is 1. The first-order valence-corrected chi connectivity index (χ1v) is 12.5. The van der Waals surface area contributed by atoms with E-state index in [1.165, 1.54) is 10.2 Å². The summed E-state index contributed by atoms with van der Waals surface area (Å²) in [4.78, 5) is 28.2. The van der Waals surface area contributed by atoms with Gasteiger partial charge in [0.15, 0.2) is 5.69 Å². The molecule has 0 fully saturated rings. The van der Waals surface area contributed by atoms with Crippen molar-refractivity contribution in [2.75, 3.05) is 13.1 Å². The van der Waals surface area contributed by atoms with Gasteiger partial charge in [0.1, 0.15) is 0 Å². The highest BCUT2D eigenvalue weighted by molar-refractivity contribution is 5.99. The largest absolute Gasteiger partial charge is 0.491 e. The Hall–Kier alpha value is -4.25. The minimum atomic E-state index is -5.28. The Morgan fingerprint density at radius 2 is 1.87 bits per heavy atom. The molecule has 5 rings (SSSR count). The molecule has 0 atom stereocenters. The second kappa shape index (κ2) is 11.2. The number of ether oxygens (including phenoxy) is 1. The number of aromatic nitrogens is 3. The molecular formula is C28H25F3N4O4. The first-order valence-electron chi connectivity index (χ1n) is 12.5. The molecular weight excluding hydrogens is 513 g/mol. The van der Waals surface area contributed by atoms with Gasteiger partial charge >= 0.3 is 18.1 Å². The molecule has 1 aromatic carbocycles. The smallest absolute Gasteiger partial charge is 0.472 e. The van der Waals surface area contributed by atoms with E-state index in [1.807, 2.05) is 18.2 Å². The predicted octanol–water partition coefficient (Wildman–Crippen LogP) is 4.77. The van der Waals surface area contributed by atoms with Gasteiger partial charge in [-0.25, -0.2) is 9.59 Å². The lowest BCUT2D eigenvalue weighted by Gasteiger charge is -2.15. The van der Waals surface area contributed by atoms with E-state index < -0.39 is 18.1 Å². The first-order chi connectivity index (χ1) is 18.8. The molecule has 202 valence electrons. The summed E-state index contributed by atoms with van der Waals surface area (Å²) >= 11 is 0. The number of carbonyl (C=O) groups excluding carboxylic acids is 2. The number of furan rings is 1. The molecule has 0 unspecified atom stereocenters. The zero-order chi connectivity index (χ0) is 27.4. The standard InChI is InChI=1S/C28H25F3N4O4/c29-28(30,31)27(37)39-26(36)25-23-7-6-20-16-33-13-9-22(20)24(23)34-35(25)14-1-11-32-12-8-18-2-4-19(5-3-18)21-10-15-38-17-21/h2-5,9-10,13,15-17,32H,1,6-8,11-12,14H2. The Balaban J connectivity index is 1.21. The Labute approximate surface area is 221 Å². The fraction of sp³-hybridized carbons (Fsp3) is 0.286. The van der Waals surface area contributed by atoms with E-state index in [1.54, 1.807) is 31.0 Å². The summed E-state index contributed by atoms with van der Waals surface area (Å²) in [7, 11) is 0. The van der Waals surface area contributed by atoms with Crippen molar-refractivity contribution in [2.45, 2.75) is 38.4 Å². The number of pyridine rings is 1. The number of alkyl halides is 3. The SMILES string of the molecule is O=C(OC(=O)C(F)(F)F)c1c2c(nn1CCCNCCc1ccc(-c3ccoc3)cc1)-c1ccncc1CC2. The molecule has 0 radical (unpaired) electrons. The van der Waals surface area contributed by atoms with Crippen molar-refractivity contribution in [3.63, 3.8) is 0 Å². The summed E-state index contributed by atoms with van der Waals surface area (Å²) in [6.07, 6.45) is 3.63. The number of fused-ring (bicyclic) bond motifs is 3. The van der Waals surface area contributed by atoms with Gasteiger partial charge in [0.2, 0.25) is 0 Å². The molecule has 0 saturated carbocycles. The van der Waals surface area contributed by atoms with Crippen LogP contribution in [0.2, 0.25) is 0 Å². The average Bonchev–Trinajstić information content (AvgIpc) is 3.59. The Kier molecular flexibility index (Phi) is 7.60. The lowest BCUT2D eigenvalue weighted by atomic mass is 9.90. The summed E-state index contributed by atoms with van der Waals surface area (Å²) in [5.74, 6) is -3.90. The summed E-state index contributed by atoms with van der Waals surface area (Å²) < 4.78 is 48.9. The average molecular weight is 539 g/mol. The maximum absolute atomic E-state index is 12.7. The first kappa shape index (κ1) is 26.4. The van der Waals surface area contributed by atoms with E-state index in [4.69, 9.17) is 4.42 Å². The van der Waals surface area contributed by atoms with Crippen molar-refractivity contribution in [3.8, 4) is 22.4 Å². The lowest BCUT2D eigenvalue weighted by Crippen LogP contribution is -2.29. The maximum Gasteiger partial charge on any atom is 0.491 e. The molecule has 0 saturated heterocycles. The van der Waals surface area contributed by atoms with Gasteiger partial charge in [0, 0.05) is 35.6 Å². The topological polar surface area (TPSA) is 99.2 Å². The zero-order valence-electron chi connectivity index (χ0n) is 20.8. The van der Waals surface area contributed by atoms with Crippen LogP contribution >= 0.6 is 0 Å². The summed E-state index contributed by atoms with van der Waals surface area (Å²) in [5, 5.41) is 7.88. The van der Waals surface area contributed by atoms with Crippen molar-refractivity contribution in [1.82, 2.24) is 20.1 Å². The lowest BCUT2D eigenvalue weighted by molar-refractivity contribution is -0.193. The fourth-order valence-electron chi connectivity index (χ4n) is 4.65. The van der Waals surface area contributed by atoms with E-state index in [-0.39, 0.29) is 12.2 Å². The molecule has 1 N–H and O–H groups in total. The van der Waals surface area contributed by atoms with Gasteiger partial charge in [-0.05, 0) is 67.6 Å².